The maximum atomic E-state index is 12.5. The van der Waals surface area contributed by atoms with Gasteiger partial charge in [-0.2, -0.15) is 0 Å². The quantitative estimate of drug-likeness (QED) is 0.617. The normalized spacial score (nSPS) is 15.2. The van der Waals surface area contributed by atoms with Crippen molar-refractivity contribution in [2.45, 2.75) is 0 Å². The van der Waals surface area contributed by atoms with Crippen LogP contribution in [0.25, 0.3) is 0 Å². The number of piperazine rings is 1. The monoisotopic (exact) mass is 405 g/mol. The second-order valence-corrected chi connectivity index (χ2v) is 6.78. The summed E-state index contributed by atoms with van der Waals surface area (Å²) in [5.41, 5.74) is -0.934. The second-order valence-electron chi connectivity index (χ2n) is 6.35. The first-order valence-corrected chi connectivity index (χ1v) is 9.14. The minimum atomic E-state index is -0.773. The van der Waals surface area contributed by atoms with E-state index in [1.807, 2.05) is 4.98 Å². The molecule has 0 bridgehead atoms. The van der Waals surface area contributed by atoms with Crippen LogP contribution >= 0.6 is 11.6 Å². The lowest BCUT2D eigenvalue weighted by Gasteiger charge is -2.34. The van der Waals surface area contributed by atoms with Gasteiger partial charge in [0.05, 0.1) is 6.54 Å². The number of carbonyl (C=O) groups is 1. The average Bonchev–Trinajstić information content (AvgIpc) is 2.67. The standard InChI is InChI=1S/C18H20ClN5O4/c19-13-3-1-12(2-4-13)17(27)24-9-7-23(8-10-24)6-5-20-11-14-15(25)21-18(28)22-16(14)26/h1-4,11H,5-10H2,(H3,21,22,25,26,28). The highest BCUT2D eigenvalue weighted by molar-refractivity contribution is 6.30. The molecule has 148 valence electrons. The molecule has 0 atom stereocenters. The van der Waals surface area contributed by atoms with Gasteiger partial charge in [-0.25, -0.2) is 4.79 Å². The molecule has 0 spiro atoms. The molecule has 0 aliphatic carbocycles. The molecule has 9 nitrogen and oxygen atoms in total. The van der Waals surface area contributed by atoms with E-state index in [-0.39, 0.29) is 11.5 Å². The fourth-order valence-electron chi connectivity index (χ4n) is 2.91. The van der Waals surface area contributed by atoms with Crippen molar-refractivity contribution in [3.63, 3.8) is 0 Å². The molecule has 2 aromatic rings. The fourth-order valence-corrected chi connectivity index (χ4v) is 3.03. The van der Waals surface area contributed by atoms with Gasteiger partial charge in [0.15, 0.2) is 0 Å². The zero-order valence-corrected chi connectivity index (χ0v) is 15.8. The summed E-state index contributed by atoms with van der Waals surface area (Å²) in [5.74, 6) is -0.520. The molecule has 1 fully saturated rings. The van der Waals surface area contributed by atoms with Crippen molar-refractivity contribution in [3.05, 3.63) is 61.3 Å². The minimum absolute atomic E-state index is 0.0119. The summed E-state index contributed by atoms with van der Waals surface area (Å²) < 4.78 is 0. The molecule has 10 heteroatoms. The Labute approximate surface area is 165 Å². The first kappa shape index (κ1) is 19.8. The van der Waals surface area contributed by atoms with Gasteiger partial charge in [-0.15, -0.1) is 0 Å². The number of nitrogens with zero attached hydrogens (tertiary/aromatic N) is 3. The topological polar surface area (TPSA) is 122 Å². The average molecular weight is 406 g/mol. The highest BCUT2D eigenvalue weighted by Crippen LogP contribution is 2.13. The van der Waals surface area contributed by atoms with E-state index < -0.39 is 17.1 Å². The summed E-state index contributed by atoms with van der Waals surface area (Å²) in [4.78, 5) is 47.4. The van der Waals surface area contributed by atoms with E-state index in [1.54, 1.807) is 29.2 Å². The number of halogens is 1. The molecule has 1 aliphatic heterocycles. The van der Waals surface area contributed by atoms with Crippen LogP contribution in [-0.2, 0) is 0 Å². The number of hydrogen-bond donors (Lipinski definition) is 3. The van der Waals surface area contributed by atoms with Gasteiger partial charge in [0.1, 0.15) is 5.56 Å². The highest BCUT2D eigenvalue weighted by Gasteiger charge is 2.21. The number of H-pyrrole nitrogens is 2. The molecule has 1 aliphatic rings. The number of hydrogen-bond acceptors (Lipinski definition) is 6. The van der Waals surface area contributed by atoms with Crippen LogP contribution in [0.1, 0.15) is 15.9 Å². The van der Waals surface area contributed by atoms with Crippen LogP contribution in [0.4, 0.5) is 0 Å². The lowest BCUT2D eigenvalue weighted by molar-refractivity contribution is 0.0641. The Morgan fingerprint density at radius 1 is 1.14 bits per heavy atom. The molecule has 1 aromatic carbocycles. The summed E-state index contributed by atoms with van der Waals surface area (Å²) in [5, 5.41) is 10.2. The van der Waals surface area contributed by atoms with Crippen LogP contribution in [0.15, 0.2) is 38.8 Å². The number of carbonyl (C=O) groups excluding carboxylic acids is 1. The van der Waals surface area contributed by atoms with Crippen LogP contribution in [-0.4, -0.2) is 76.3 Å². The first-order valence-electron chi connectivity index (χ1n) is 8.76. The summed E-state index contributed by atoms with van der Waals surface area (Å²) in [6, 6.07) is 6.85. The van der Waals surface area contributed by atoms with Crippen molar-refractivity contribution < 1.29 is 9.90 Å². The summed E-state index contributed by atoms with van der Waals surface area (Å²) in [6.45, 7) is 3.75. The second kappa shape index (κ2) is 8.85. The zero-order valence-electron chi connectivity index (χ0n) is 15.0. The molecule has 0 radical (unpaired) electrons. The maximum absolute atomic E-state index is 12.5. The number of aromatic amines is 2. The van der Waals surface area contributed by atoms with Crippen molar-refractivity contribution in [2.75, 3.05) is 39.3 Å². The summed E-state index contributed by atoms with van der Waals surface area (Å²) >= 11 is 5.85. The largest absolute Gasteiger partial charge is 0.494 e. The number of benzene rings is 1. The van der Waals surface area contributed by atoms with E-state index in [2.05, 4.69) is 14.9 Å². The molecule has 1 saturated heterocycles. The van der Waals surface area contributed by atoms with Crippen LogP contribution in [0.5, 0.6) is 5.88 Å². The number of nitrogens with one attached hydrogen (secondary N) is 2. The zero-order chi connectivity index (χ0) is 20.1. The lowest BCUT2D eigenvalue weighted by atomic mass is 10.2. The molecular weight excluding hydrogens is 386 g/mol. The van der Waals surface area contributed by atoms with Crippen LogP contribution < -0.4 is 11.2 Å². The van der Waals surface area contributed by atoms with E-state index >= 15 is 0 Å². The van der Waals surface area contributed by atoms with Crippen LogP contribution in [0.2, 0.25) is 5.02 Å². The SMILES string of the molecule is O=C(c1ccc(Cl)cc1)N1CCN(CCN=Cc2c(O)[nH]c(=O)[nH]c2=O)CC1. The predicted octanol–water partition coefficient (Wildman–Crippen LogP) is 0.299. The number of amides is 1. The van der Waals surface area contributed by atoms with Gasteiger partial charge >= 0.3 is 5.69 Å². The Kier molecular flexibility index (Phi) is 6.27. The third-order valence-electron chi connectivity index (χ3n) is 4.48. The molecule has 2 heterocycles. The Morgan fingerprint density at radius 2 is 1.82 bits per heavy atom. The molecular formula is C18H20ClN5O4. The van der Waals surface area contributed by atoms with Crippen LogP contribution in [0.3, 0.4) is 0 Å². The number of rotatable bonds is 5. The van der Waals surface area contributed by atoms with E-state index in [0.29, 0.717) is 36.8 Å². The van der Waals surface area contributed by atoms with Gasteiger partial charge in [-0.1, -0.05) is 11.6 Å². The number of aromatic nitrogens is 2. The third kappa shape index (κ3) is 4.87. The van der Waals surface area contributed by atoms with Gasteiger partial charge in [-0.3, -0.25) is 29.4 Å². The molecule has 1 aromatic heterocycles. The van der Waals surface area contributed by atoms with Crippen molar-refractivity contribution in [1.82, 2.24) is 19.8 Å². The van der Waals surface area contributed by atoms with E-state index in [0.717, 1.165) is 13.1 Å². The molecule has 1 amide bonds. The molecule has 3 rings (SSSR count). The van der Waals surface area contributed by atoms with Gasteiger partial charge in [0, 0.05) is 49.5 Å². The molecule has 0 unspecified atom stereocenters. The molecule has 28 heavy (non-hydrogen) atoms. The smallest absolute Gasteiger partial charge is 0.328 e. The number of aliphatic imine (C=N–C) groups is 1. The van der Waals surface area contributed by atoms with Crippen molar-refractivity contribution in [2.24, 2.45) is 4.99 Å². The first-order chi connectivity index (χ1) is 13.4. The van der Waals surface area contributed by atoms with Crippen LogP contribution in [0, 0.1) is 0 Å². The van der Waals surface area contributed by atoms with E-state index in [4.69, 9.17) is 11.6 Å². The van der Waals surface area contributed by atoms with E-state index in [1.165, 1.54) is 6.21 Å². The van der Waals surface area contributed by atoms with Crippen molar-refractivity contribution in [1.29, 1.82) is 0 Å². The Hall–Kier alpha value is -2.91. The summed E-state index contributed by atoms with van der Waals surface area (Å²) in [7, 11) is 0. The van der Waals surface area contributed by atoms with E-state index in [9.17, 15) is 19.5 Å². The minimum Gasteiger partial charge on any atom is -0.494 e. The Morgan fingerprint density at radius 3 is 2.46 bits per heavy atom. The molecule has 3 N–H and O–H groups in total. The van der Waals surface area contributed by atoms with Gasteiger partial charge < -0.3 is 10.0 Å². The Bertz CT molecular complexity index is 975. The fraction of sp³-hybridized carbons (Fsp3) is 0.333. The van der Waals surface area contributed by atoms with Gasteiger partial charge in [0.25, 0.3) is 11.5 Å². The molecule has 0 saturated carbocycles. The number of aromatic hydroxyl groups is 1. The van der Waals surface area contributed by atoms with Gasteiger partial charge in [-0.05, 0) is 24.3 Å². The van der Waals surface area contributed by atoms with Crippen molar-refractivity contribution >= 4 is 23.7 Å². The lowest BCUT2D eigenvalue weighted by Crippen LogP contribution is -2.49. The highest BCUT2D eigenvalue weighted by atomic mass is 35.5. The summed E-state index contributed by atoms with van der Waals surface area (Å²) in [6.07, 6.45) is 1.24. The van der Waals surface area contributed by atoms with Crippen molar-refractivity contribution in [3.8, 4) is 5.88 Å². The Balaban J connectivity index is 1.47. The maximum Gasteiger partial charge on any atom is 0.328 e. The predicted molar refractivity (Wildman–Crippen MR) is 106 cm³/mol. The third-order valence-corrected chi connectivity index (χ3v) is 4.73. The van der Waals surface area contributed by atoms with Gasteiger partial charge in [0.2, 0.25) is 5.88 Å².